The van der Waals surface area contributed by atoms with Gasteiger partial charge in [0.15, 0.2) is 11.5 Å². The molecule has 0 spiro atoms. The molecule has 1 amide bonds. The Kier molecular flexibility index (Phi) is 5.56. The van der Waals surface area contributed by atoms with E-state index in [0.717, 1.165) is 22.5 Å². The lowest BCUT2D eigenvalue weighted by Gasteiger charge is -2.21. The van der Waals surface area contributed by atoms with E-state index < -0.39 is 6.09 Å². The van der Waals surface area contributed by atoms with Gasteiger partial charge in [0.05, 0.1) is 12.8 Å². The molecule has 0 atom stereocenters. The average Bonchev–Trinajstić information content (AvgIpc) is 2.78. The Morgan fingerprint density at radius 2 is 1.90 bits per heavy atom. The van der Waals surface area contributed by atoms with Crippen molar-refractivity contribution < 1.29 is 24.1 Å². The van der Waals surface area contributed by atoms with Gasteiger partial charge in [-0.15, -0.1) is 0 Å². The number of rotatable bonds is 6. The number of amides is 1. The third-order valence-corrected chi connectivity index (χ3v) is 4.57. The van der Waals surface area contributed by atoms with Crippen molar-refractivity contribution in [1.29, 1.82) is 0 Å². The van der Waals surface area contributed by atoms with Gasteiger partial charge in [-0.3, -0.25) is 0 Å². The third kappa shape index (κ3) is 4.22. The number of benzene rings is 2. The van der Waals surface area contributed by atoms with E-state index in [4.69, 9.17) is 19.3 Å². The van der Waals surface area contributed by atoms with Crippen LogP contribution in [0.3, 0.4) is 0 Å². The highest BCUT2D eigenvalue weighted by atomic mass is 16.6. The van der Waals surface area contributed by atoms with E-state index in [0.29, 0.717) is 36.3 Å². The SMILES string of the molecule is COc1nc(-c2cccc3c2OCCO3)ccc1Nc1ccc(CNC(=O)O)cc1. The Hall–Kier alpha value is -3.94. The van der Waals surface area contributed by atoms with Gasteiger partial charge in [-0.25, -0.2) is 9.78 Å². The summed E-state index contributed by atoms with van der Waals surface area (Å²) in [7, 11) is 1.57. The molecule has 3 aromatic rings. The molecule has 154 valence electrons. The van der Waals surface area contributed by atoms with Crippen LogP contribution in [0.4, 0.5) is 16.2 Å². The number of nitrogens with one attached hydrogen (secondary N) is 2. The van der Waals surface area contributed by atoms with Gasteiger partial charge >= 0.3 is 6.09 Å². The number of anilines is 2. The highest BCUT2D eigenvalue weighted by molar-refractivity contribution is 5.75. The van der Waals surface area contributed by atoms with E-state index in [9.17, 15) is 4.79 Å². The van der Waals surface area contributed by atoms with Crippen molar-refractivity contribution in [3.8, 4) is 28.6 Å². The van der Waals surface area contributed by atoms with Crippen LogP contribution in [0.25, 0.3) is 11.3 Å². The van der Waals surface area contributed by atoms with Crippen molar-refractivity contribution in [2.75, 3.05) is 25.6 Å². The molecule has 0 fully saturated rings. The molecule has 0 bridgehead atoms. The van der Waals surface area contributed by atoms with Crippen molar-refractivity contribution in [3.63, 3.8) is 0 Å². The number of para-hydroxylation sites is 1. The Morgan fingerprint density at radius 1 is 1.10 bits per heavy atom. The first-order chi connectivity index (χ1) is 14.6. The van der Waals surface area contributed by atoms with E-state index in [1.165, 1.54) is 0 Å². The summed E-state index contributed by atoms with van der Waals surface area (Å²) in [6, 6.07) is 16.9. The van der Waals surface area contributed by atoms with Crippen molar-refractivity contribution in [3.05, 3.63) is 60.2 Å². The molecule has 8 nitrogen and oxygen atoms in total. The molecular weight excluding hydrogens is 386 g/mol. The third-order valence-electron chi connectivity index (χ3n) is 4.57. The normalized spacial score (nSPS) is 12.2. The molecule has 0 radical (unpaired) electrons. The van der Waals surface area contributed by atoms with Crippen LogP contribution in [-0.4, -0.2) is 36.5 Å². The quantitative estimate of drug-likeness (QED) is 0.567. The molecule has 1 aliphatic rings. The number of aromatic nitrogens is 1. The summed E-state index contributed by atoms with van der Waals surface area (Å²) in [5, 5.41) is 14.3. The molecule has 4 rings (SSSR count). The van der Waals surface area contributed by atoms with Gasteiger partial charge in [0.1, 0.15) is 18.9 Å². The molecular formula is C22H21N3O5. The fourth-order valence-corrected chi connectivity index (χ4v) is 3.16. The Morgan fingerprint density at radius 3 is 2.67 bits per heavy atom. The standard InChI is InChI=1S/C22H21N3O5/c1-28-21-18(24-15-7-5-14(6-8-15)13-23-22(26)27)10-9-17(25-21)16-3-2-4-19-20(16)30-12-11-29-19/h2-10,23-24H,11-13H2,1H3,(H,26,27). The van der Waals surface area contributed by atoms with Gasteiger partial charge in [-0.1, -0.05) is 18.2 Å². The number of hydrogen-bond donors (Lipinski definition) is 3. The first-order valence-electron chi connectivity index (χ1n) is 9.41. The minimum Gasteiger partial charge on any atom is -0.486 e. The Balaban J connectivity index is 1.55. The molecule has 1 aliphatic heterocycles. The second kappa shape index (κ2) is 8.60. The molecule has 1 aromatic heterocycles. The topological polar surface area (TPSA) is 102 Å². The number of ether oxygens (including phenoxy) is 3. The van der Waals surface area contributed by atoms with Crippen molar-refractivity contribution in [2.45, 2.75) is 6.54 Å². The minimum absolute atomic E-state index is 0.252. The van der Waals surface area contributed by atoms with Crippen LogP contribution in [0.2, 0.25) is 0 Å². The lowest BCUT2D eigenvalue weighted by molar-refractivity contribution is 0.172. The predicted octanol–water partition coefficient (Wildman–Crippen LogP) is 4.04. The van der Waals surface area contributed by atoms with Gasteiger partial charge in [-0.05, 0) is 42.0 Å². The summed E-state index contributed by atoms with van der Waals surface area (Å²) in [6.07, 6.45) is -1.05. The van der Waals surface area contributed by atoms with Gasteiger partial charge in [0.2, 0.25) is 5.88 Å². The van der Waals surface area contributed by atoms with Gasteiger partial charge < -0.3 is 30.0 Å². The van der Waals surface area contributed by atoms with E-state index in [2.05, 4.69) is 15.6 Å². The van der Waals surface area contributed by atoms with Crippen molar-refractivity contribution >= 4 is 17.5 Å². The summed E-state index contributed by atoms with van der Waals surface area (Å²) in [5.41, 5.74) is 3.96. The van der Waals surface area contributed by atoms with Gasteiger partial charge in [-0.2, -0.15) is 0 Å². The van der Waals surface area contributed by atoms with E-state index in [1.807, 2.05) is 54.6 Å². The minimum atomic E-state index is -1.05. The van der Waals surface area contributed by atoms with Crippen LogP contribution in [0, 0.1) is 0 Å². The van der Waals surface area contributed by atoms with Crippen LogP contribution in [0.5, 0.6) is 17.4 Å². The summed E-state index contributed by atoms with van der Waals surface area (Å²) >= 11 is 0. The zero-order valence-corrected chi connectivity index (χ0v) is 16.3. The number of carbonyl (C=O) groups is 1. The zero-order valence-electron chi connectivity index (χ0n) is 16.3. The molecule has 0 saturated heterocycles. The van der Waals surface area contributed by atoms with Gasteiger partial charge in [0.25, 0.3) is 0 Å². The molecule has 8 heteroatoms. The summed E-state index contributed by atoms with van der Waals surface area (Å²) in [4.78, 5) is 15.2. The van der Waals surface area contributed by atoms with Crippen LogP contribution in [0.15, 0.2) is 54.6 Å². The average molecular weight is 407 g/mol. The van der Waals surface area contributed by atoms with Crippen LogP contribution in [-0.2, 0) is 6.54 Å². The Labute approximate surface area is 173 Å². The maximum Gasteiger partial charge on any atom is 0.404 e. The van der Waals surface area contributed by atoms with Crippen molar-refractivity contribution in [1.82, 2.24) is 10.3 Å². The monoisotopic (exact) mass is 407 g/mol. The number of fused-ring (bicyclic) bond motifs is 1. The lowest BCUT2D eigenvalue weighted by Crippen LogP contribution is -2.19. The molecule has 3 N–H and O–H groups in total. The fraction of sp³-hybridized carbons (Fsp3) is 0.182. The number of carboxylic acid groups (broad SMARTS) is 1. The summed E-state index contributed by atoms with van der Waals surface area (Å²) < 4.78 is 16.9. The second-order valence-electron chi connectivity index (χ2n) is 6.56. The maximum atomic E-state index is 10.6. The highest BCUT2D eigenvalue weighted by Crippen LogP contribution is 2.40. The van der Waals surface area contributed by atoms with Crippen LogP contribution >= 0.6 is 0 Å². The van der Waals surface area contributed by atoms with Crippen molar-refractivity contribution in [2.24, 2.45) is 0 Å². The molecule has 0 unspecified atom stereocenters. The summed E-state index contributed by atoms with van der Waals surface area (Å²) in [5.74, 6) is 1.84. The molecule has 2 heterocycles. The van der Waals surface area contributed by atoms with Gasteiger partial charge in [0, 0.05) is 17.8 Å². The van der Waals surface area contributed by atoms with E-state index in [1.54, 1.807) is 7.11 Å². The molecule has 30 heavy (non-hydrogen) atoms. The molecule has 0 saturated carbocycles. The van der Waals surface area contributed by atoms with E-state index >= 15 is 0 Å². The largest absolute Gasteiger partial charge is 0.486 e. The fourth-order valence-electron chi connectivity index (χ4n) is 3.16. The Bertz CT molecular complexity index is 1050. The predicted molar refractivity (Wildman–Crippen MR) is 112 cm³/mol. The maximum absolute atomic E-state index is 10.6. The molecule has 2 aromatic carbocycles. The number of pyridine rings is 1. The smallest absolute Gasteiger partial charge is 0.404 e. The highest BCUT2D eigenvalue weighted by Gasteiger charge is 2.18. The van der Waals surface area contributed by atoms with Crippen LogP contribution < -0.4 is 24.8 Å². The number of hydrogen-bond acceptors (Lipinski definition) is 6. The lowest BCUT2D eigenvalue weighted by atomic mass is 10.1. The number of nitrogens with zero attached hydrogens (tertiary/aromatic N) is 1. The number of methoxy groups -OCH3 is 1. The second-order valence-corrected chi connectivity index (χ2v) is 6.56. The molecule has 0 aliphatic carbocycles. The summed E-state index contributed by atoms with van der Waals surface area (Å²) in [6.45, 7) is 1.28. The first kappa shape index (κ1) is 19.4. The zero-order chi connectivity index (χ0) is 20.9. The van der Waals surface area contributed by atoms with Crippen LogP contribution in [0.1, 0.15) is 5.56 Å². The van der Waals surface area contributed by atoms with E-state index in [-0.39, 0.29) is 6.54 Å². The first-order valence-corrected chi connectivity index (χ1v) is 9.41.